The van der Waals surface area contributed by atoms with Gasteiger partial charge in [0.15, 0.2) is 0 Å². The van der Waals surface area contributed by atoms with Crippen molar-refractivity contribution in [2.45, 2.75) is 25.3 Å². The Morgan fingerprint density at radius 1 is 1.23 bits per heavy atom. The maximum absolute atomic E-state index is 10.6. The molecule has 4 N–H and O–H groups in total. The van der Waals surface area contributed by atoms with E-state index in [0.29, 0.717) is 0 Å². The third-order valence-electron chi connectivity index (χ3n) is 1.45. The van der Waals surface area contributed by atoms with E-state index < -0.39 is 23.8 Å². The number of Topliss-reactive ketones (excluding diaryl/α,β-unsaturated/α-hetero) is 1. The molecule has 1 unspecified atom stereocenters. The van der Waals surface area contributed by atoms with E-state index in [1.165, 1.54) is 0 Å². The molecule has 6 heteroatoms. The predicted octanol–water partition coefficient (Wildman–Crippen LogP) is -0.778. The first-order chi connectivity index (χ1) is 5.95. The van der Waals surface area contributed by atoms with Gasteiger partial charge in [0.1, 0.15) is 0 Å². The maximum atomic E-state index is 10.6. The van der Waals surface area contributed by atoms with Crippen molar-refractivity contribution in [2.24, 2.45) is 5.73 Å². The van der Waals surface area contributed by atoms with E-state index >= 15 is 0 Å². The third-order valence-corrected chi connectivity index (χ3v) is 1.45. The fourth-order valence-corrected chi connectivity index (χ4v) is 0.763. The fraction of sp³-hybridized carbons (Fsp3) is 0.571. The van der Waals surface area contributed by atoms with Crippen LogP contribution in [0.25, 0.3) is 0 Å². The summed E-state index contributed by atoms with van der Waals surface area (Å²) < 4.78 is 0. The van der Waals surface area contributed by atoms with Crippen LogP contribution < -0.4 is 5.73 Å². The van der Waals surface area contributed by atoms with Crippen LogP contribution in [0.1, 0.15) is 19.3 Å². The summed E-state index contributed by atoms with van der Waals surface area (Å²) in [5, 5.41) is 16.4. The Labute approximate surface area is 74.3 Å². The van der Waals surface area contributed by atoms with Gasteiger partial charge in [0, 0.05) is 6.42 Å². The summed E-state index contributed by atoms with van der Waals surface area (Å²) in [6.07, 6.45) is 0.174. The minimum absolute atomic E-state index is 0.0808. The van der Waals surface area contributed by atoms with Crippen molar-refractivity contribution in [3.63, 3.8) is 0 Å². The van der Waals surface area contributed by atoms with E-state index in [2.05, 4.69) is 0 Å². The van der Waals surface area contributed by atoms with Crippen molar-refractivity contribution in [1.29, 1.82) is 0 Å². The highest BCUT2D eigenvalue weighted by atomic mass is 16.4. The number of rotatable bonds is 6. The Kier molecular flexibility index (Phi) is 4.68. The minimum Gasteiger partial charge on any atom is -0.481 e. The van der Waals surface area contributed by atoms with E-state index in [1.54, 1.807) is 0 Å². The summed E-state index contributed by atoms with van der Waals surface area (Å²) >= 11 is 0. The second-order valence-corrected chi connectivity index (χ2v) is 2.56. The molecule has 13 heavy (non-hydrogen) atoms. The zero-order valence-electron chi connectivity index (χ0n) is 6.90. The average Bonchev–Trinajstić information content (AvgIpc) is 2.02. The first kappa shape index (κ1) is 11.6. The van der Waals surface area contributed by atoms with Gasteiger partial charge in [-0.3, -0.25) is 9.59 Å². The second kappa shape index (κ2) is 5.26. The first-order valence-electron chi connectivity index (χ1n) is 3.69. The number of carboxylic acid groups (broad SMARTS) is 2. The molecule has 0 rings (SSSR count). The summed E-state index contributed by atoms with van der Waals surface area (Å²) in [6, 6.07) is -1.10. The molecule has 0 bridgehead atoms. The minimum atomic E-state index is -1.58. The van der Waals surface area contributed by atoms with E-state index in [4.69, 9.17) is 15.9 Å². The SMILES string of the molecule is NC(CCCC(=O)O)C(=O)C(=O)O. The zero-order chi connectivity index (χ0) is 10.4. The number of nitrogens with two attached hydrogens (primary N) is 1. The van der Waals surface area contributed by atoms with Gasteiger partial charge in [0.05, 0.1) is 6.04 Å². The number of hydrogen-bond donors (Lipinski definition) is 3. The molecule has 0 aliphatic heterocycles. The van der Waals surface area contributed by atoms with Gasteiger partial charge in [-0.1, -0.05) is 0 Å². The van der Waals surface area contributed by atoms with Crippen molar-refractivity contribution in [3.05, 3.63) is 0 Å². The molecule has 0 aromatic rings. The van der Waals surface area contributed by atoms with Crippen LogP contribution in [0.2, 0.25) is 0 Å². The topological polar surface area (TPSA) is 118 Å². The van der Waals surface area contributed by atoms with Crippen LogP contribution in [-0.4, -0.2) is 34.0 Å². The molecule has 74 valence electrons. The zero-order valence-corrected chi connectivity index (χ0v) is 6.90. The molecular formula is C7H11NO5. The largest absolute Gasteiger partial charge is 0.481 e. The van der Waals surface area contributed by atoms with Crippen LogP contribution in [0.15, 0.2) is 0 Å². The quantitative estimate of drug-likeness (QED) is 0.472. The normalized spacial score (nSPS) is 12.1. The van der Waals surface area contributed by atoms with E-state index in [-0.39, 0.29) is 19.3 Å². The summed E-state index contributed by atoms with van der Waals surface area (Å²) in [5.74, 6) is -3.65. The van der Waals surface area contributed by atoms with Gasteiger partial charge in [0.2, 0.25) is 0 Å². The predicted molar refractivity (Wildman–Crippen MR) is 42.1 cm³/mol. The molecule has 0 fully saturated rings. The van der Waals surface area contributed by atoms with Gasteiger partial charge in [-0.25, -0.2) is 4.79 Å². The van der Waals surface area contributed by atoms with Crippen molar-refractivity contribution >= 4 is 17.7 Å². The highest BCUT2D eigenvalue weighted by Gasteiger charge is 2.20. The first-order valence-corrected chi connectivity index (χ1v) is 3.69. The van der Waals surface area contributed by atoms with Crippen molar-refractivity contribution in [2.75, 3.05) is 0 Å². The molecule has 0 spiro atoms. The molecule has 0 aromatic heterocycles. The van der Waals surface area contributed by atoms with E-state index in [1.807, 2.05) is 0 Å². The van der Waals surface area contributed by atoms with Crippen molar-refractivity contribution in [1.82, 2.24) is 0 Å². The van der Waals surface area contributed by atoms with Gasteiger partial charge in [0.25, 0.3) is 5.78 Å². The molecule has 0 saturated heterocycles. The van der Waals surface area contributed by atoms with Crippen LogP contribution >= 0.6 is 0 Å². The molecule has 0 aliphatic carbocycles. The Morgan fingerprint density at radius 3 is 2.15 bits per heavy atom. The summed E-state index contributed by atoms with van der Waals surface area (Å²) in [7, 11) is 0. The standard InChI is InChI=1S/C7H11NO5/c8-4(6(11)7(12)13)2-1-3-5(9)10/h4H,1-3,8H2,(H,9,10)(H,12,13). The molecule has 0 radical (unpaired) electrons. The van der Waals surface area contributed by atoms with Gasteiger partial charge < -0.3 is 15.9 Å². The number of carbonyl (C=O) groups excluding carboxylic acids is 1. The Bertz CT molecular complexity index is 225. The van der Waals surface area contributed by atoms with Gasteiger partial charge in [-0.2, -0.15) is 0 Å². The fourth-order valence-electron chi connectivity index (χ4n) is 0.763. The number of carboxylic acids is 2. The Morgan fingerprint density at radius 2 is 1.77 bits per heavy atom. The smallest absolute Gasteiger partial charge is 0.373 e. The molecule has 6 nitrogen and oxygen atoms in total. The number of carbonyl (C=O) groups is 3. The number of aliphatic carboxylic acids is 2. The summed E-state index contributed by atoms with van der Waals surface area (Å²) in [5.41, 5.74) is 5.18. The van der Waals surface area contributed by atoms with Crippen LogP contribution in [0.4, 0.5) is 0 Å². The molecular weight excluding hydrogens is 178 g/mol. The average molecular weight is 189 g/mol. The van der Waals surface area contributed by atoms with Crippen molar-refractivity contribution < 1.29 is 24.6 Å². The third kappa shape index (κ3) is 4.91. The lowest BCUT2D eigenvalue weighted by molar-refractivity contribution is -0.149. The lowest BCUT2D eigenvalue weighted by atomic mass is 10.1. The van der Waals surface area contributed by atoms with Crippen molar-refractivity contribution in [3.8, 4) is 0 Å². The van der Waals surface area contributed by atoms with E-state index in [9.17, 15) is 14.4 Å². The maximum Gasteiger partial charge on any atom is 0.373 e. The second-order valence-electron chi connectivity index (χ2n) is 2.56. The summed E-state index contributed by atoms with van der Waals surface area (Å²) in [4.78, 5) is 30.8. The lowest BCUT2D eigenvalue weighted by Crippen LogP contribution is -2.35. The van der Waals surface area contributed by atoms with E-state index in [0.717, 1.165) is 0 Å². The highest BCUT2D eigenvalue weighted by molar-refractivity contribution is 6.34. The molecule has 0 saturated carbocycles. The Balaban J connectivity index is 3.74. The molecule has 0 aliphatic rings. The lowest BCUT2D eigenvalue weighted by Gasteiger charge is -2.05. The highest BCUT2D eigenvalue weighted by Crippen LogP contribution is 2.00. The monoisotopic (exact) mass is 189 g/mol. The van der Waals surface area contributed by atoms with Crippen LogP contribution in [0, 0.1) is 0 Å². The van der Waals surface area contributed by atoms with Crippen LogP contribution in [-0.2, 0) is 14.4 Å². The van der Waals surface area contributed by atoms with Crippen LogP contribution in [0.5, 0.6) is 0 Å². The van der Waals surface area contributed by atoms with Gasteiger partial charge in [-0.15, -0.1) is 0 Å². The molecule has 0 aromatic carbocycles. The number of ketones is 1. The van der Waals surface area contributed by atoms with Gasteiger partial charge >= 0.3 is 11.9 Å². The Hall–Kier alpha value is -1.43. The van der Waals surface area contributed by atoms with Gasteiger partial charge in [-0.05, 0) is 12.8 Å². The molecule has 0 amide bonds. The number of hydrogen-bond acceptors (Lipinski definition) is 4. The van der Waals surface area contributed by atoms with Crippen LogP contribution in [0.3, 0.4) is 0 Å². The summed E-state index contributed by atoms with van der Waals surface area (Å²) in [6.45, 7) is 0. The molecule has 0 heterocycles. The molecule has 1 atom stereocenters.